The number of phenols is 1. The number of carbonyl (C=O) groups is 2. The monoisotopic (exact) mass is 276 g/mol. The van der Waals surface area contributed by atoms with Crippen LogP contribution in [-0.4, -0.2) is 34.9 Å². The van der Waals surface area contributed by atoms with Gasteiger partial charge in [-0.15, -0.1) is 0 Å². The molecule has 2 amide bonds. The number of nitrogens with zero attached hydrogens (tertiary/aromatic N) is 1. The molecule has 2 rings (SSSR count). The van der Waals surface area contributed by atoms with Crippen molar-refractivity contribution in [2.24, 2.45) is 0 Å². The van der Waals surface area contributed by atoms with Crippen molar-refractivity contribution in [1.82, 2.24) is 4.90 Å². The minimum Gasteiger partial charge on any atom is -0.506 e. The first kappa shape index (κ1) is 14.4. The smallest absolute Gasteiger partial charge is 0.314 e. The lowest BCUT2D eigenvalue weighted by atomic mass is 10.2. The van der Waals surface area contributed by atoms with E-state index in [9.17, 15) is 14.7 Å². The molecule has 5 nitrogen and oxygen atoms in total. The summed E-state index contributed by atoms with van der Waals surface area (Å²) in [6, 6.07) is 4.88. The number of hydrogen-bond donors (Lipinski definition) is 2. The molecular formula is C15H20N2O3. The highest BCUT2D eigenvalue weighted by Gasteiger charge is 2.23. The molecule has 1 aromatic carbocycles. The molecule has 0 spiro atoms. The Hall–Kier alpha value is -2.04. The van der Waals surface area contributed by atoms with Crippen molar-refractivity contribution in [3.05, 3.63) is 23.8 Å². The molecule has 1 aliphatic rings. The summed E-state index contributed by atoms with van der Waals surface area (Å²) >= 11 is 0. The lowest BCUT2D eigenvalue weighted by molar-refractivity contribution is -0.143. The minimum atomic E-state index is -0.687. The summed E-state index contributed by atoms with van der Waals surface area (Å²) in [5.74, 6) is -1.24. The maximum Gasteiger partial charge on any atom is 0.314 e. The van der Waals surface area contributed by atoms with E-state index in [-0.39, 0.29) is 11.4 Å². The van der Waals surface area contributed by atoms with Crippen LogP contribution < -0.4 is 5.32 Å². The molecule has 0 bridgehead atoms. The Labute approximate surface area is 118 Å². The number of carbonyl (C=O) groups excluding carboxylic acids is 2. The fourth-order valence-corrected chi connectivity index (χ4v) is 2.34. The summed E-state index contributed by atoms with van der Waals surface area (Å²) in [7, 11) is 0. The summed E-state index contributed by atoms with van der Waals surface area (Å²) in [6.45, 7) is 3.11. The van der Waals surface area contributed by atoms with Crippen molar-refractivity contribution in [2.75, 3.05) is 18.4 Å². The number of anilines is 1. The van der Waals surface area contributed by atoms with Crippen molar-refractivity contribution in [3.8, 4) is 5.75 Å². The van der Waals surface area contributed by atoms with Gasteiger partial charge in [0.15, 0.2) is 0 Å². The molecule has 1 saturated heterocycles. The van der Waals surface area contributed by atoms with Gasteiger partial charge in [0, 0.05) is 13.1 Å². The highest BCUT2D eigenvalue weighted by Crippen LogP contribution is 2.23. The highest BCUT2D eigenvalue weighted by atomic mass is 16.3. The molecule has 0 radical (unpaired) electrons. The quantitative estimate of drug-likeness (QED) is 0.609. The number of likely N-dealkylation sites (tertiary alicyclic amines) is 1. The predicted octanol–water partition coefficient (Wildman–Crippen LogP) is 2.04. The largest absolute Gasteiger partial charge is 0.506 e. The summed E-state index contributed by atoms with van der Waals surface area (Å²) in [4.78, 5) is 25.7. The van der Waals surface area contributed by atoms with E-state index in [0.29, 0.717) is 13.1 Å². The highest BCUT2D eigenvalue weighted by molar-refractivity contribution is 6.39. The second-order valence-electron chi connectivity index (χ2n) is 5.18. The maximum atomic E-state index is 12.1. The van der Waals surface area contributed by atoms with E-state index in [2.05, 4.69) is 5.32 Å². The topological polar surface area (TPSA) is 69.6 Å². The van der Waals surface area contributed by atoms with E-state index < -0.39 is 11.8 Å². The van der Waals surface area contributed by atoms with E-state index >= 15 is 0 Å². The number of aromatic hydroxyl groups is 1. The first-order valence-corrected chi connectivity index (χ1v) is 6.98. The van der Waals surface area contributed by atoms with Gasteiger partial charge in [0.2, 0.25) is 0 Å². The van der Waals surface area contributed by atoms with Crippen molar-refractivity contribution in [1.29, 1.82) is 0 Å². The molecule has 0 aromatic heterocycles. The number of nitrogens with one attached hydrogen (secondary N) is 1. The predicted molar refractivity (Wildman–Crippen MR) is 76.5 cm³/mol. The molecule has 20 heavy (non-hydrogen) atoms. The third kappa shape index (κ3) is 3.50. The van der Waals surface area contributed by atoms with Gasteiger partial charge in [-0.2, -0.15) is 0 Å². The summed E-state index contributed by atoms with van der Waals surface area (Å²) in [5, 5.41) is 12.2. The Kier molecular flexibility index (Phi) is 4.61. The summed E-state index contributed by atoms with van der Waals surface area (Å²) < 4.78 is 0. The van der Waals surface area contributed by atoms with Crippen LogP contribution in [0.4, 0.5) is 5.69 Å². The molecule has 2 N–H and O–H groups in total. The summed E-state index contributed by atoms with van der Waals surface area (Å²) in [5.41, 5.74) is 1.18. The molecule has 1 heterocycles. The van der Waals surface area contributed by atoms with E-state index in [4.69, 9.17) is 0 Å². The molecule has 0 saturated carbocycles. The van der Waals surface area contributed by atoms with E-state index in [1.165, 1.54) is 6.07 Å². The van der Waals surface area contributed by atoms with E-state index in [1.807, 2.05) is 6.92 Å². The molecule has 0 aliphatic carbocycles. The van der Waals surface area contributed by atoms with Crippen LogP contribution in [0.5, 0.6) is 5.75 Å². The van der Waals surface area contributed by atoms with E-state index in [0.717, 1.165) is 31.2 Å². The number of amides is 2. The maximum absolute atomic E-state index is 12.1. The minimum absolute atomic E-state index is 0.0346. The molecule has 108 valence electrons. The van der Waals surface area contributed by atoms with Gasteiger partial charge in [-0.1, -0.05) is 18.9 Å². The van der Waals surface area contributed by atoms with Gasteiger partial charge >= 0.3 is 11.8 Å². The Morgan fingerprint density at radius 1 is 1.15 bits per heavy atom. The first-order chi connectivity index (χ1) is 9.58. The van der Waals surface area contributed by atoms with Crippen molar-refractivity contribution in [2.45, 2.75) is 32.6 Å². The molecule has 0 atom stereocenters. The SMILES string of the molecule is Cc1ccc(O)c(NC(=O)C(=O)N2CCCCCC2)c1. The van der Waals surface area contributed by atoms with Crippen molar-refractivity contribution in [3.63, 3.8) is 0 Å². The standard InChI is InChI=1S/C15H20N2O3/c1-11-6-7-13(18)12(10-11)16-14(19)15(20)17-8-4-2-3-5-9-17/h6-7,10,18H,2-5,8-9H2,1H3,(H,16,19). The van der Waals surface area contributed by atoms with Gasteiger partial charge in [0.05, 0.1) is 5.69 Å². The normalized spacial score (nSPS) is 15.6. The van der Waals surface area contributed by atoms with Crippen LogP contribution in [0.15, 0.2) is 18.2 Å². The number of aryl methyl sites for hydroxylation is 1. The average Bonchev–Trinajstić information content (AvgIpc) is 2.71. The average molecular weight is 276 g/mol. The zero-order valence-corrected chi connectivity index (χ0v) is 11.7. The third-order valence-corrected chi connectivity index (χ3v) is 3.49. The van der Waals surface area contributed by atoms with Crippen molar-refractivity contribution >= 4 is 17.5 Å². The fraction of sp³-hybridized carbons (Fsp3) is 0.467. The Balaban J connectivity index is 2.03. The van der Waals surface area contributed by atoms with E-state index in [1.54, 1.807) is 17.0 Å². The Morgan fingerprint density at radius 3 is 2.45 bits per heavy atom. The molecule has 0 unspecified atom stereocenters. The van der Waals surface area contributed by atoms with Crippen LogP contribution in [0.3, 0.4) is 0 Å². The van der Waals surface area contributed by atoms with Gasteiger partial charge in [0.1, 0.15) is 5.75 Å². The zero-order chi connectivity index (χ0) is 14.5. The number of hydrogen-bond acceptors (Lipinski definition) is 3. The summed E-state index contributed by atoms with van der Waals surface area (Å²) in [6.07, 6.45) is 4.08. The molecule has 5 heteroatoms. The van der Waals surface area contributed by atoms with Gasteiger partial charge in [-0.25, -0.2) is 0 Å². The fourth-order valence-electron chi connectivity index (χ4n) is 2.34. The van der Waals surface area contributed by atoms with Crippen LogP contribution in [0.2, 0.25) is 0 Å². The second-order valence-corrected chi connectivity index (χ2v) is 5.18. The molecule has 1 aromatic rings. The molecule has 1 aliphatic heterocycles. The number of rotatable bonds is 1. The van der Waals surface area contributed by atoms with Gasteiger partial charge in [-0.05, 0) is 37.5 Å². The van der Waals surface area contributed by atoms with Crippen LogP contribution >= 0.6 is 0 Å². The first-order valence-electron chi connectivity index (χ1n) is 6.98. The third-order valence-electron chi connectivity index (χ3n) is 3.49. The number of phenolic OH excluding ortho intramolecular Hbond substituents is 1. The second kappa shape index (κ2) is 6.41. The van der Waals surface area contributed by atoms with Gasteiger partial charge in [-0.3, -0.25) is 9.59 Å². The Morgan fingerprint density at radius 2 is 1.80 bits per heavy atom. The van der Waals surface area contributed by atoms with Crippen LogP contribution in [0, 0.1) is 6.92 Å². The van der Waals surface area contributed by atoms with Gasteiger partial charge < -0.3 is 15.3 Å². The van der Waals surface area contributed by atoms with Crippen LogP contribution in [0.1, 0.15) is 31.2 Å². The van der Waals surface area contributed by atoms with Crippen LogP contribution in [0.25, 0.3) is 0 Å². The van der Waals surface area contributed by atoms with Gasteiger partial charge in [0.25, 0.3) is 0 Å². The number of benzene rings is 1. The molecule has 1 fully saturated rings. The lowest BCUT2D eigenvalue weighted by Gasteiger charge is -2.19. The Bertz CT molecular complexity index is 506. The lowest BCUT2D eigenvalue weighted by Crippen LogP contribution is -2.40. The zero-order valence-electron chi connectivity index (χ0n) is 11.7. The van der Waals surface area contributed by atoms with Crippen LogP contribution in [-0.2, 0) is 9.59 Å². The van der Waals surface area contributed by atoms with Crippen molar-refractivity contribution < 1.29 is 14.7 Å². The molecular weight excluding hydrogens is 256 g/mol.